The average Bonchev–Trinajstić information content (AvgIpc) is 2.77. The normalized spacial score (nSPS) is 16.7. The molecule has 1 aromatic carbocycles. The number of aromatic amines is 1. The van der Waals surface area contributed by atoms with E-state index in [9.17, 15) is 0 Å². The van der Waals surface area contributed by atoms with Crippen LogP contribution in [-0.2, 0) is 0 Å². The summed E-state index contributed by atoms with van der Waals surface area (Å²) in [5, 5.41) is 1.28. The molecule has 2 heterocycles. The summed E-state index contributed by atoms with van der Waals surface area (Å²) in [4.78, 5) is 7.81. The topological polar surface area (TPSA) is 28.1 Å². The van der Waals surface area contributed by atoms with E-state index in [1.54, 1.807) is 0 Å². The van der Waals surface area contributed by atoms with Gasteiger partial charge in [-0.25, -0.2) is 0 Å². The first-order valence-corrected chi connectivity index (χ1v) is 5.54. The Balaban J connectivity index is 2.06. The first-order valence-electron chi connectivity index (χ1n) is 5.54. The molecule has 1 aliphatic rings. The van der Waals surface area contributed by atoms with Crippen LogP contribution in [0.25, 0.3) is 10.9 Å². The number of aliphatic imine (C=N–C) groups is 1. The lowest BCUT2D eigenvalue weighted by atomic mass is 10.0. The largest absolute Gasteiger partial charge is 0.361 e. The van der Waals surface area contributed by atoms with Gasteiger partial charge in [-0.3, -0.25) is 4.99 Å². The number of fused-ring (bicyclic) bond motifs is 1. The predicted octanol–water partition coefficient (Wildman–Crippen LogP) is 3.14. The highest BCUT2D eigenvalue weighted by Gasteiger charge is 2.08. The van der Waals surface area contributed by atoms with Gasteiger partial charge in [0.15, 0.2) is 0 Å². The first kappa shape index (κ1) is 8.72. The van der Waals surface area contributed by atoms with Crippen LogP contribution >= 0.6 is 0 Å². The first-order chi connectivity index (χ1) is 7.43. The van der Waals surface area contributed by atoms with E-state index in [1.165, 1.54) is 35.0 Å². The van der Waals surface area contributed by atoms with Gasteiger partial charge in [-0.1, -0.05) is 6.07 Å². The molecule has 0 bridgehead atoms. The standard InChI is InChI=1S/C13H14N2/c1-2-7-14-12(3-1)10-4-5-13-11(9-10)6-8-15-13/h4-6,8-9,15H,1-3,7H2. The zero-order valence-corrected chi connectivity index (χ0v) is 8.66. The fourth-order valence-electron chi connectivity index (χ4n) is 2.17. The molecule has 0 aliphatic carbocycles. The summed E-state index contributed by atoms with van der Waals surface area (Å²) in [6.45, 7) is 1.00. The third kappa shape index (κ3) is 1.56. The summed E-state index contributed by atoms with van der Waals surface area (Å²) in [6, 6.07) is 8.66. The van der Waals surface area contributed by atoms with Crippen LogP contribution in [0.5, 0.6) is 0 Å². The van der Waals surface area contributed by atoms with E-state index < -0.39 is 0 Å². The monoisotopic (exact) mass is 198 g/mol. The Kier molecular flexibility index (Phi) is 2.05. The highest BCUT2D eigenvalue weighted by molar-refractivity contribution is 6.03. The van der Waals surface area contributed by atoms with Crippen LogP contribution in [0, 0.1) is 0 Å². The molecule has 2 nitrogen and oxygen atoms in total. The van der Waals surface area contributed by atoms with Crippen LogP contribution < -0.4 is 0 Å². The molecule has 2 aromatic rings. The van der Waals surface area contributed by atoms with Crippen LogP contribution in [0.1, 0.15) is 24.8 Å². The van der Waals surface area contributed by atoms with E-state index in [0.717, 1.165) is 13.0 Å². The Morgan fingerprint density at radius 3 is 3.00 bits per heavy atom. The van der Waals surface area contributed by atoms with Crippen molar-refractivity contribution >= 4 is 16.6 Å². The van der Waals surface area contributed by atoms with Crippen molar-refractivity contribution in [2.24, 2.45) is 4.99 Å². The number of rotatable bonds is 1. The minimum absolute atomic E-state index is 1.00. The molecule has 15 heavy (non-hydrogen) atoms. The minimum Gasteiger partial charge on any atom is -0.361 e. The molecule has 1 N–H and O–H groups in total. The second-order valence-corrected chi connectivity index (χ2v) is 4.07. The smallest absolute Gasteiger partial charge is 0.0454 e. The highest BCUT2D eigenvalue weighted by atomic mass is 14.7. The summed E-state index contributed by atoms with van der Waals surface area (Å²) in [6.07, 6.45) is 5.65. The number of nitrogens with one attached hydrogen (secondary N) is 1. The molecule has 2 heteroatoms. The summed E-state index contributed by atoms with van der Waals surface area (Å²) < 4.78 is 0. The molecular weight excluding hydrogens is 184 g/mol. The lowest BCUT2D eigenvalue weighted by Crippen LogP contribution is -2.07. The number of hydrogen-bond acceptors (Lipinski definition) is 1. The Bertz CT molecular complexity index is 508. The molecule has 1 aromatic heterocycles. The minimum atomic E-state index is 1.00. The van der Waals surface area contributed by atoms with Crippen molar-refractivity contribution in [2.75, 3.05) is 6.54 Å². The predicted molar refractivity (Wildman–Crippen MR) is 63.6 cm³/mol. The van der Waals surface area contributed by atoms with Crippen molar-refractivity contribution in [3.8, 4) is 0 Å². The molecular formula is C13H14N2. The number of benzene rings is 1. The van der Waals surface area contributed by atoms with Crippen LogP contribution in [-0.4, -0.2) is 17.2 Å². The summed E-state index contributed by atoms with van der Waals surface area (Å²) in [5.41, 5.74) is 3.78. The fourth-order valence-corrected chi connectivity index (χ4v) is 2.17. The van der Waals surface area contributed by atoms with Gasteiger partial charge in [0.1, 0.15) is 0 Å². The van der Waals surface area contributed by atoms with E-state index in [2.05, 4.69) is 34.2 Å². The SMILES string of the molecule is c1cc2cc(C3=NCCCC3)ccc2[nH]1. The van der Waals surface area contributed by atoms with Gasteiger partial charge in [0.25, 0.3) is 0 Å². The zero-order chi connectivity index (χ0) is 10.1. The highest BCUT2D eigenvalue weighted by Crippen LogP contribution is 2.18. The van der Waals surface area contributed by atoms with Crippen LogP contribution in [0.4, 0.5) is 0 Å². The van der Waals surface area contributed by atoms with Crippen molar-refractivity contribution in [2.45, 2.75) is 19.3 Å². The van der Waals surface area contributed by atoms with Crippen molar-refractivity contribution in [3.05, 3.63) is 36.0 Å². The third-order valence-corrected chi connectivity index (χ3v) is 3.01. The van der Waals surface area contributed by atoms with Crippen molar-refractivity contribution in [1.29, 1.82) is 0 Å². The molecule has 0 fully saturated rings. The molecule has 0 radical (unpaired) electrons. The molecule has 76 valence electrons. The Morgan fingerprint density at radius 2 is 2.13 bits per heavy atom. The van der Waals surface area contributed by atoms with Gasteiger partial charge >= 0.3 is 0 Å². The molecule has 0 saturated heterocycles. The Labute approximate surface area is 89.0 Å². The van der Waals surface area contributed by atoms with Crippen molar-refractivity contribution in [1.82, 2.24) is 4.98 Å². The van der Waals surface area contributed by atoms with Gasteiger partial charge in [-0.05, 0) is 43.0 Å². The van der Waals surface area contributed by atoms with Crippen molar-refractivity contribution in [3.63, 3.8) is 0 Å². The van der Waals surface area contributed by atoms with Gasteiger partial charge in [0, 0.05) is 29.4 Å². The molecule has 0 unspecified atom stereocenters. The van der Waals surface area contributed by atoms with Crippen LogP contribution in [0.15, 0.2) is 35.5 Å². The molecule has 0 amide bonds. The zero-order valence-electron chi connectivity index (χ0n) is 8.66. The molecule has 1 aliphatic heterocycles. The van der Waals surface area contributed by atoms with Gasteiger partial charge in [0.05, 0.1) is 0 Å². The maximum atomic E-state index is 4.60. The average molecular weight is 198 g/mol. The van der Waals surface area contributed by atoms with E-state index in [1.807, 2.05) is 6.20 Å². The molecule has 0 spiro atoms. The molecule has 3 rings (SSSR count). The second kappa shape index (κ2) is 3.54. The summed E-state index contributed by atoms with van der Waals surface area (Å²) >= 11 is 0. The fraction of sp³-hybridized carbons (Fsp3) is 0.308. The number of nitrogens with zero attached hydrogens (tertiary/aromatic N) is 1. The van der Waals surface area contributed by atoms with Crippen LogP contribution in [0.2, 0.25) is 0 Å². The van der Waals surface area contributed by atoms with Gasteiger partial charge < -0.3 is 4.98 Å². The maximum absolute atomic E-state index is 4.60. The van der Waals surface area contributed by atoms with E-state index in [4.69, 9.17) is 0 Å². The van der Waals surface area contributed by atoms with Gasteiger partial charge in [0.2, 0.25) is 0 Å². The van der Waals surface area contributed by atoms with E-state index >= 15 is 0 Å². The quantitative estimate of drug-likeness (QED) is 0.729. The lowest BCUT2D eigenvalue weighted by Gasteiger charge is -2.11. The summed E-state index contributed by atoms with van der Waals surface area (Å²) in [7, 11) is 0. The molecule has 0 saturated carbocycles. The number of hydrogen-bond donors (Lipinski definition) is 1. The van der Waals surface area contributed by atoms with E-state index in [-0.39, 0.29) is 0 Å². The van der Waals surface area contributed by atoms with Gasteiger partial charge in [-0.15, -0.1) is 0 Å². The van der Waals surface area contributed by atoms with E-state index in [0.29, 0.717) is 0 Å². The number of H-pyrrole nitrogens is 1. The Morgan fingerprint density at radius 1 is 1.13 bits per heavy atom. The number of aromatic nitrogens is 1. The van der Waals surface area contributed by atoms with Gasteiger partial charge in [-0.2, -0.15) is 0 Å². The van der Waals surface area contributed by atoms with Crippen molar-refractivity contribution < 1.29 is 0 Å². The molecule has 0 atom stereocenters. The second-order valence-electron chi connectivity index (χ2n) is 4.07. The Hall–Kier alpha value is -1.57. The summed E-state index contributed by atoms with van der Waals surface area (Å²) in [5.74, 6) is 0. The third-order valence-electron chi connectivity index (χ3n) is 3.01. The maximum Gasteiger partial charge on any atom is 0.0454 e. The van der Waals surface area contributed by atoms with Crippen LogP contribution in [0.3, 0.4) is 0 Å². The lowest BCUT2D eigenvalue weighted by molar-refractivity contribution is 0.739.